The molecule has 3 fully saturated rings. The van der Waals surface area contributed by atoms with Crippen molar-refractivity contribution >= 4 is 22.7 Å². The van der Waals surface area contributed by atoms with Crippen molar-refractivity contribution in [3.8, 4) is 0 Å². The minimum Gasteiger partial charge on any atom is -0.265 e. The zero-order chi connectivity index (χ0) is 9.38. The zero-order valence-electron chi connectivity index (χ0n) is 7.25. The van der Waals surface area contributed by atoms with Gasteiger partial charge in [-0.25, -0.2) is 0 Å². The lowest BCUT2D eigenvalue weighted by molar-refractivity contribution is 0.191. The largest absolute Gasteiger partial charge is 0.271 e. The fourth-order valence-corrected chi connectivity index (χ4v) is 6.27. The number of rotatable bonds is 0. The number of hydrogen-bond acceptors (Lipinski definition) is 4. The van der Waals surface area contributed by atoms with Crippen LogP contribution in [0.15, 0.2) is 0 Å². The van der Waals surface area contributed by atoms with E-state index in [1.165, 1.54) is 0 Å². The Hall–Kier alpha value is 0.260. The predicted octanol–water partition coefficient (Wildman–Crippen LogP) is 0.668. The zero-order valence-corrected chi connectivity index (χ0v) is 8.96. The molecule has 6 unspecified atom stereocenters. The van der Waals surface area contributed by atoms with Crippen LogP contribution in [0.3, 0.4) is 0 Å². The van der Waals surface area contributed by atoms with Gasteiger partial charge in [0, 0.05) is 11.2 Å². The molecule has 3 nitrogen and oxygen atoms in total. The van der Waals surface area contributed by atoms with Crippen LogP contribution in [0.4, 0.5) is 0 Å². The Labute approximate surface area is 83.4 Å². The van der Waals surface area contributed by atoms with E-state index in [-0.39, 0.29) is 28.4 Å². The molecule has 0 aromatic heterocycles. The first kappa shape index (κ1) is 8.56. The Morgan fingerprint density at radius 2 is 2.08 bits per heavy atom. The molecule has 1 saturated heterocycles. The van der Waals surface area contributed by atoms with Gasteiger partial charge in [0.15, 0.2) is 0 Å². The van der Waals surface area contributed by atoms with Crippen LogP contribution in [-0.4, -0.2) is 25.0 Å². The summed E-state index contributed by atoms with van der Waals surface area (Å²) in [5.41, 5.74) is 0. The molecule has 2 aliphatic carbocycles. The van der Waals surface area contributed by atoms with Gasteiger partial charge < -0.3 is 0 Å². The maximum Gasteiger partial charge on any atom is 0.271 e. The van der Waals surface area contributed by atoms with E-state index in [1.54, 1.807) is 0 Å². The van der Waals surface area contributed by atoms with Gasteiger partial charge in [-0.05, 0) is 18.3 Å². The van der Waals surface area contributed by atoms with Crippen LogP contribution >= 0.6 is 12.6 Å². The van der Waals surface area contributed by atoms with Crippen molar-refractivity contribution in [3.05, 3.63) is 0 Å². The number of fused-ring (bicyclic) bond motifs is 1. The second kappa shape index (κ2) is 2.25. The summed E-state index contributed by atoms with van der Waals surface area (Å²) in [6.07, 6.45) is 0.865. The van der Waals surface area contributed by atoms with E-state index < -0.39 is 10.1 Å². The smallest absolute Gasteiger partial charge is 0.265 e. The molecule has 0 amide bonds. The molecule has 2 saturated carbocycles. The van der Waals surface area contributed by atoms with Crippen molar-refractivity contribution in [1.29, 1.82) is 0 Å². The molecule has 0 radical (unpaired) electrons. The molecule has 3 rings (SSSR count). The van der Waals surface area contributed by atoms with Crippen molar-refractivity contribution in [2.24, 2.45) is 17.8 Å². The number of thiol groups is 1. The molecule has 0 spiro atoms. The summed E-state index contributed by atoms with van der Waals surface area (Å²) in [6.45, 7) is 2.01. The molecule has 74 valence electrons. The van der Waals surface area contributed by atoms with Crippen molar-refractivity contribution in [1.82, 2.24) is 0 Å². The first-order valence-corrected chi connectivity index (χ1v) is 6.61. The van der Waals surface area contributed by atoms with E-state index >= 15 is 0 Å². The molecule has 0 aromatic rings. The summed E-state index contributed by atoms with van der Waals surface area (Å²) in [7, 11) is -3.26. The fourth-order valence-electron chi connectivity index (χ4n) is 3.39. The second-order valence-electron chi connectivity index (χ2n) is 4.43. The van der Waals surface area contributed by atoms with Gasteiger partial charge in [-0.15, -0.1) is 0 Å². The summed E-state index contributed by atoms with van der Waals surface area (Å²) in [5.74, 6) is 0.907. The van der Waals surface area contributed by atoms with Gasteiger partial charge in [-0.3, -0.25) is 4.18 Å². The maximum atomic E-state index is 11.6. The monoisotopic (exact) mass is 220 g/mol. The molecule has 5 heteroatoms. The second-order valence-corrected chi connectivity index (χ2v) is 6.75. The fraction of sp³-hybridized carbons (Fsp3) is 1.00. The first-order chi connectivity index (χ1) is 6.02. The summed E-state index contributed by atoms with van der Waals surface area (Å²) in [6, 6.07) is 0. The highest BCUT2D eigenvalue weighted by Gasteiger charge is 2.66. The SMILES string of the molecule is CC1C2CC3C(OS(=O)(=O)C13)C2S. The Bertz CT molecular complexity index is 350. The Morgan fingerprint density at radius 3 is 2.69 bits per heavy atom. The highest BCUT2D eigenvalue weighted by Crippen LogP contribution is 2.58. The van der Waals surface area contributed by atoms with Crippen molar-refractivity contribution in [2.75, 3.05) is 0 Å². The summed E-state index contributed by atoms with van der Waals surface area (Å²) in [4.78, 5) is 0. The van der Waals surface area contributed by atoms with Crippen LogP contribution in [0.1, 0.15) is 13.3 Å². The topological polar surface area (TPSA) is 43.4 Å². The van der Waals surface area contributed by atoms with Gasteiger partial charge in [0.25, 0.3) is 10.1 Å². The first-order valence-electron chi connectivity index (χ1n) is 4.62. The van der Waals surface area contributed by atoms with E-state index in [2.05, 4.69) is 12.6 Å². The van der Waals surface area contributed by atoms with Crippen molar-refractivity contribution in [2.45, 2.75) is 29.9 Å². The van der Waals surface area contributed by atoms with Gasteiger partial charge >= 0.3 is 0 Å². The number of hydrogen-bond donors (Lipinski definition) is 1. The third-order valence-corrected chi connectivity index (χ3v) is 6.55. The molecule has 1 heterocycles. The molecule has 6 atom stereocenters. The molecule has 2 bridgehead atoms. The third-order valence-electron chi connectivity index (χ3n) is 3.94. The third kappa shape index (κ3) is 0.837. The van der Waals surface area contributed by atoms with E-state index in [0.29, 0.717) is 5.92 Å². The predicted molar refractivity (Wildman–Crippen MR) is 51.1 cm³/mol. The Kier molecular flexibility index (Phi) is 1.48. The lowest BCUT2D eigenvalue weighted by Gasteiger charge is -2.25. The Morgan fingerprint density at radius 1 is 1.38 bits per heavy atom. The normalized spacial score (nSPS) is 61.7. The average molecular weight is 220 g/mol. The van der Waals surface area contributed by atoms with Gasteiger partial charge in [-0.1, -0.05) is 6.92 Å². The molecule has 13 heavy (non-hydrogen) atoms. The van der Waals surface area contributed by atoms with Crippen LogP contribution in [0, 0.1) is 17.8 Å². The minimum absolute atomic E-state index is 0.125. The van der Waals surface area contributed by atoms with E-state index in [9.17, 15) is 8.42 Å². The summed E-state index contributed by atoms with van der Waals surface area (Å²) >= 11 is 4.45. The van der Waals surface area contributed by atoms with E-state index in [1.807, 2.05) is 6.92 Å². The van der Waals surface area contributed by atoms with E-state index in [0.717, 1.165) is 6.42 Å². The van der Waals surface area contributed by atoms with Crippen LogP contribution in [0.25, 0.3) is 0 Å². The molecule has 0 N–H and O–H groups in total. The molecule has 1 aliphatic heterocycles. The van der Waals surface area contributed by atoms with Gasteiger partial charge in [0.2, 0.25) is 0 Å². The van der Waals surface area contributed by atoms with Crippen LogP contribution in [0.5, 0.6) is 0 Å². The molecule has 0 aromatic carbocycles. The van der Waals surface area contributed by atoms with Crippen molar-refractivity contribution < 1.29 is 12.6 Å². The lowest BCUT2D eigenvalue weighted by atomic mass is 9.88. The lowest BCUT2D eigenvalue weighted by Crippen LogP contribution is -2.35. The van der Waals surface area contributed by atoms with Gasteiger partial charge in [0.05, 0.1) is 11.4 Å². The Balaban J connectivity index is 2.14. The molecule has 3 aliphatic rings. The van der Waals surface area contributed by atoms with Crippen LogP contribution in [0.2, 0.25) is 0 Å². The van der Waals surface area contributed by atoms with Gasteiger partial charge in [-0.2, -0.15) is 21.0 Å². The maximum absolute atomic E-state index is 11.6. The van der Waals surface area contributed by atoms with Crippen LogP contribution < -0.4 is 0 Å². The summed E-state index contributed by atoms with van der Waals surface area (Å²) < 4.78 is 28.3. The van der Waals surface area contributed by atoms with Gasteiger partial charge in [0.1, 0.15) is 0 Å². The highest BCUT2D eigenvalue weighted by molar-refractivity contribution is 7.87. The van der Waals surface area contributed by atoms with E-state index in [4.69, 9.17) is 4.18 Å². The quantitative estimate of drug-likeness (QED) is 0.482. The van der Waals surface area contributed by atoms with Crippen LogP contribution in [-0.2, 0) is 14.3 Å². The molecular formula is C8H12O3S2. The molecular weight excluding hydrogens is 208 g/mol. The average Bonchev–Trinajstić information content (AvgIpc) is 2.54. The highest BCUT2D eigenvalue weighted by atomic mass is 32.2. The standard InChI is InChI=1S/C8H12O3S2/c1-3-4-2-5-6(7(4)12)11-13(9,10)8(3)5/h3-8,12H,2H2,1H3. The van der Waals surface area contributed by atoms with Crippen molar-refractivity contribution in [3.63, 3.8) is 0 Å². The summed E-state index contributed by atoms with van der Waals surface area (Å²) in [5, 5.41) is -0.0978. The minimum atomic E-state index is -3.26.